The van der Waals surface area contributed by atoms with Gasteiger partial charge < -0.3 is 0 Å². The molecule has 24 heavy (non-hydrogen) atoms. The van der Waals surface area contributed by atoms with Crippen LogP contribution >= 0.6 is 0 Å². The molecule has 0 unspecified atom stereocenters. The van der Waals surface area contributed by atoms with Gasteiger partial charge in [-0.15, -0.1) is 0 Å². The summed E-state index contributed by atoms with van der Waals surface area (Å²) in [5, 5.41) is 0. The van der Waals surface area contributed by atoms with E-state index in [2.05, 4.69) is 4.98 Å². The third-order valence-electron chi connectivity index (χ3n) is 4.61. The molecule has 1 fully saturated rings. The fraction of sp³-hybridized carbons (Fsp3) is 0.389. The summed E-state index contributed by atoms with van der Waals surface area (Å²) in [7, 11) is -3.82. The first-order valence-electron chi connectivity index (χ1n) is 8.01. The number of pyridine rings is 1. The van der Waals surface area contributed by atoms with Crippen molar-refractivity contribution in [3.05, 3.63) is 47.8 Å². The molecule has 0 N–H and O–H groups in total. The predicted molar refractivity (Wildman–Crippen MR) is 88.5 cm³/mol. The van der Waals surface area contributed by atoms with Crippen molar-refractivity contribution in [3.63, 3.8) is 0 Å². The highest BCUT2D eigenvalue weighted by Gasteiger charge is 2.23. The van der Waals surface area contributed by atoms with Crippen LogP contribution in [-0.4, -0.2) is 19.7 Å². The van der Waals surface area contributed by atoms with Crippen molar-refractivity contribution < 1.29 is 17.2 Å². The molecule has 0 radical (unpaired) electrons. The van der Waals surface area contributed by atoms with Crippen LogP contribution in [0.4, 0.5) is 8.78 Å². The van der Waals surface area contributed by atoms with Gasteiger partial charge in [0.05, 0.1) is 0 Å². The highest BCUT2D eigenvalue weighted by molar-refractivity contribution is 7.90. The maximum atomic E-state index is 14.5. The molecule has 1 saturated carbocycles. The second kappa shape index (κ2) is 6.59. The Balaban J connectivity index is 2.12. The fourth-order valence-corrected chi connectivity index (χ4v) is 4.15. The van der Waals surface area contributed by atoms with Crippen molar-refractivity contribution in [2.45, 2.75) is 42.9 Å². The molecule has 0 atom stereocenters. The molecule has 3 rings (SSSR count). The number of sulfone groups is 1. The van der Waals surface area contributed by atoms with Crippen LogP contribution < -0.4 is 0 Å². The number of hydrogen-bond acceptors (Lipinski definition) is 3. The smallest absolute Gasteiger partial charge is 0.178 e. The van der Waals surface area contributed by atoms with Gasteiger partial charge in [-0.3, -0.25) is 4.98 Å². The van der Waals surface area contributed by atoms with E-state index in [-0.39, 0.29) is 5.56 Å². The lowest BCUT2D eigenvalue weighted by Crippen LogP contribution is -2.08. The molecular formula is C18H19F2NO2S. The van der Waals surface area contributed by atoms with Crippen molar-refractivity contribution in [2.75, 3.05) is 6.26 Å². The third kappa shape index (κ3) is 3.34. The van der Waals surface area contributed by atoms with Gasteiger partial charge >= 0.3 is 0 Å². The summed E-state index contributed by atoms with van der Waals surface area (Å²) in [5.41, 5.74) is 1.56. The second-order valence-electron chi connectivity index (χ2n) is 6.33. The lowest BCUT2D eigenvalue weighted by atomic mass is 9.81. The number of nitrogens with zero attached hydrogens (tertiary/aromatic N) is 1. The lowest BCUT2D eigenvalue weighted by Gasteiger charge is -2.24. The second-order valence-corrected chi connectivity index (χ2v) is 8.32. The zero-order valence-electron chi connectivity index (χ0n) is 13.4. The average molecular weight is 351 g/mol. The van der Waals surface area contributed by atoms with Gasteiger partial charge in [-0.05, 0) is 42.5 Å². The Morgan fingerprint density at radius 1 is 1.04 bits per heavy atom. The Kier molecular flexibility index (Phi) is 4.67. The molecule has 0 aliphatic heterocycles. The first-order valence-corrected chi connectivity index (χ1v) is 9.90. The molecule has 1 aliphatic carbocycles. The minimum absolute atomic E-state index is 0.0635. The molecular weight excluding hydrogens is 332 g/mol. The minimum atomic E-state index is -3.82. The molecule has 6 heteroatoms. The van der Waals surface area contributed by atoms with Gasteiger partial charge in [-0.2, -0.15) is 0 Å². The zero-order chi connectivity index (χ0) is 17.3. The molecule has 1 heterocycles. The summed E-state index contributed by atoms with van der Waals surface area (Å²) in [6.45, 7) is 0. The summed E-state index contributed by atoms with van der Waals surface area (Å²) in [6.07, 6.45) is 9.52. The maximum absolute atomic E-state index is 14.5. The highest BCUT2D eigenvalue weighted by atomic mass is 32.2. The van der Waals surface area contributed by atoms with Crippen LogP contribution in [0.15, 0.2) is 35.5 Å². The molecule has 3 nitrogen and oxygen atoms in total. The van der Waals surface area contributed by atoms with Gasteiger partial charge in [0.2, 0.25) is 0 Å². The van der Waals surface area contributed by atoms with Crippen LogP contribution in [0.2, 0.25) is 0 Å². The Morgan fingerprint density at radius 3 is 2.42 bits per heavy atom. The number of hydrogen-bond donors (Lipinski definition) is 0. The van der Waals surface area contributed by atoms with Crippen LogP contribution in [0.25, 0.3) is 11.1 Å². The maximum Gasteiger partial charge on any atom is 0.178 e. The lowest BCUT2D eigenvalue weighted by molar-refractivity contribution is 0.444. The van der Waals surface area contributed by atoms with E-state index in [0.717, 1.165) is 49.6 Å². The van der Waals surface area contributed by atoms with Crippen LogP contribution in [0.3, 0.4) is 0 Å². The van der Waals surface area contributed by atoms with E-state index in [1.807, 2.05) is 6.07 Å². The van der Waals surface area contributed by atoms with Crippen LogP contribution in [0.1, 0.15) is 43.6 Å². The molecule has 0 spiro atoms. The van der Waals surface area contributed by atoms with Gasteiger partial charge in [0, 0.05) is 29.8 Å². The normalized spacial score (nSPS) is 16.3. The molecule has 2 aromatic rings. The summed E-state index contributed by atoms with van der Waals surface area (Å²) < 4.78 is 51.9. The standard InChI is InChI=1S/C18H19F2NO2S/c1-24(22,23)18-10-16(19)14(9-17(18)20)15-11-21-8-7-13(15)12-5-3-2-4-6-12/h7-12H,2-6H2,1H3. The molecule has 1 aromatic heterocycles. The van der Waals surface area contributed by atoms with Crippen molar-refractivity contribution in [3.8, 4) is 11.1 Å². The minimum Gasteiger partial charge on any atom is -0.264 e. The molecule has 0 bridgehead atoms. The number of halogens is 2. The topological polar surface area (TPSA) is 47.0 Å². The monoisotopic (exact) mass is 351 g/mol. The number of rotatable bonds is 3. The van der Waals surface area contributed by atoms with Crippen molar-refractivity contribution in [1.29, 1.82) is 0 Å². The summed E-state index contributed by atoms with van der Waals surface area (Å²) in [6, 6.07) is 3.58. The van der Waals surface area contributed by atoms with Gasteiger partial charge in [0.25, 0.3) is 0 Å². The van der Waals surface area contributed by atoms with E-state index in [1.54, 1.807) is 6.20 Å². The summed E-state index contributed by atoms with van der Waals surface area (Å²) in [5.74, 6) is -1.39. The SMILES string of the molecule is CS(=O)(=O)c1cc(F)c(-c2cnccc2C2CCCCC2)cc1F. The number of aromatic nitrogens is 1. The van der Waals surface area contributed by atoms with Gasteiger partial charge in [0.15, 0.2) is 9.84 Å². The van der Waals surface area contributed by atoms with E-state index in [1.165, 1.54) is 12.6 Å². The Bertz CT molecular complexity index is 859. The molecule has 0 amide bonds. The Labute approximate surface area is 140 Å². The van der Waals surface area contributed by atoms with Gasteiger partial charge in [0.1, 0.15) is 16.5 Å². The van der Waals surface area contributed by atoms with E-state index in [0.29, 0.717) is 11.5 Å². The Hall–Kier alpha value is -1.82. The van der Waals surface area contributed by atoms with E-state index in [4.69, 9.17) is 0 Å². The van der Waals surface area contributed by atoms with Crippen LogP contribution in [-0.2, 0) is 9.84 Å². The highest BCUT2D eigenvalue weighted by Crippen LogP contribution is 2.39. The van der Waals surface area contributed by atoms with Crippen molar-refractivity contribution >= 4 is 9.84 Å². The molecule has 1 aliphatic rings. The van der Waals surface area contributed by atoms with Crippen LogP contribution in [0.5, 0.6) is 0 Å². The van der Waals surface area contributed by atoms with Crippen molar-refractivity contribution in [1.82, 2.24) is 4.98 Å². The van der Waals surface area contributed by atoms with E-state index < -0.39 is 26.4 Å². The van der Waals surface area contributed by atoms with Gasteiger partial charge in [-0.1, -0.05) is 19.3 Å². The third-order valence-corrected chi connectivity index (χ3v) is 5.72. The van der Waals surface area contributed by atoms with E-state index in [9.17, 15) is 17.2 Å². The van der Waals surface area contributed by atoms with Gasteiger partial charge in [-0.25, -0.2) is 17.2 Å². The quantitative estimate of drug-likeness (QED) is 0.819. The summed E-state index contributed by atoms with van der Waals surface area (Å²) >= 11 is 0. The Morgan fingerprint density at radius 2 is 1.75 bits per heavy atom. The molecule has 0 saturated heterocycles. The zero-order valence-corrected chi connectivity index (χ0v) is 14.2. The fourth-order valence-electron chi connectivity index (χ4n) is 3.42. The first kappa shape index (κ1) is 17.0. The number of benzene rings is 1. The largest absolute Gasteiger partial charge is 0.264 e. The van der Waals surface area contributed by atoms with Crippen molar-refractivity contribution in [2.24, 2.45) is 0 Å². The predicted octanol–water partition coefficient (Wildman–Crippen LogP) is 4.48. The van der Waals surface area contributed by atoms with E-state index >= 15 is 0 Å². The molecule has 1 aromatic carbocycles. The first-order chi connectivity index (χ1) is 11.4. The average Bonchev–Trinajstić information content (AvgIpc) is 2.56. The molecule has 128 valence electrons. The van der Waals surface area contributed by atoms with Crippen LogP contribution in [0, 0.1) is 11.6 Å². The summed E-state index contributed by atoms with van der Waals surface area (Å²) in [4.78, 5) is 3.43.